The van der Waals surface area contributed by atoms with Crippen molar-refractivity contribution >= 4 is 0 Å². The average Bonchev–Trinajstić information content (AvgIpc) is 2.61. The van der Waals surface area contributed by atoms with Crippen LogP contribution in [-0.4, -0.2) is 41.8 Å². The number of aliphatic hydroxyl groups is 1. The lowest BCUT2D eigenvalue weighted by atomic mass is 10.2. The van der Waals surface area contributed by atoms with E-state index >= 15 is 0 Å². The van der Waals surface area contributed by atoms with Gasteiger partial charge < -0.3 is 15.2 Å². The third-order valence-electron chi connectivity index (χ3n) is 2.15. The molecule has 0 aromatic carbocycles. The van der Waals surface area contributed by atoms with Gasteiger partial charge in [-0.05, 0) is 13.3 Å². The van der Waals surface area contributed by atoms with Crippen LogP contribution in [0.15, 0.2) is 4.63 Å². The number of nitrogens with zero attached hydrogens (tertiary/aromatic N) is 2. The van der Waals surface area contributed by atoms with Crippen molar-refractivity contribution in [2.24, 2.45) is 0 Å². The molecule has 0 fully saturated rings. The minimum absolute atomic E-state index is 0.121. The molecule has 1 heterocycles. The number of aryl methyl sites for hydroxylation is 1. The Morgan fingerprint density at radius 2 is 2.33 bits per heavy atom. The highest BCUT2D eigenvalue weighted by Gasteiger charge is 2.10. The van der Waals surface area contributed by atoms with Gasteiger partial charge in [0.2, 0.25) is 0 Å². The van der Waals surface area contributed by atoms with Gasteiger partial charge in [0.05, 0.1) is 6.61 Å². The Balaban J connectivity index is 2.36. The second kappa shape index (κ2) is 6.49. The quantitative estimate of drug-likeness (QED) is 0.659. The van der Waals surface area contributed by atoms with Gasteiger partial charge in [0, 0.05) is 26.3 Å². The standard InChI is InChI=1S/C9H17N3O3/c1-7-9(12-15-11-7)5-10-8(3-4-13)6-14-2/h8,10,13H,3-6H2,1-2H3. The molecule has 0 saturated carbocycles. The van der Waals surface area contributed by atoms with Gasteiger partial charge in [0.1, 0.15) is 11.4 Å². The van der Waals surface area contributed by atoms with Crippen LogP contribution in [0.1, 0.15) is 17.8 Å². The maximum atomic E-state index is 8.83. The Labute approximate surface area is 88.6 Å². The zero-order chi connectivity index (χ0) is 11.1. The topological polar surface area (TPSA) is 80.4 Å². The number of hydrogen-bond donors (Lipinski definition) is 2. The van der Waals surface area contributed by atoms with Gasteiger partial charge in [-0.15, -0.1) is 0 Å². The second-order valence-corrected chi connectivity index (χ2v) is 3.34. The minimum Gasteiger partial charge on any atom is -0.396 e. The fraction of sp³-hybridized carbons (Fsp3) is 0.778. The molecule has 0 bridgehead atoms. The molecular formula is C9H17N3O3. The van der Waals surface area contributed by atoms with Gasteiger partial charge >= 0.3 is 0 Å². The summed E-state index contributed by atoms with van der Waals surface area (Å²) in [6, 6.07) is 0.121. The number of hydrogen-bond acceptors (Lipinski definition) is 6. The molecule has 1 unspecified atom stereocenters. The largest absolute Gasteiger partial charge is 0.396 e. The first-order valence-electron chi connectivity index (χ1n) is 4.89. The van der Waals surface area contributed by atoms with Crippen LogP contribution in [-0.2, 0) is 11.3 Å². The Hall–Kier alpha value is -0.980. The second-order valence-electron chi connectivity index (χ2n) is 3.34. The molecule has 1 aromatic rings. The third kappa shape index (κ3) is 3.94. The highest BCUT2D eigenvalue weighted by atomic mass is 16.6. The number of ether oxygens (including phenoxy) is 1. The monoisotopic (exact) mass is 215 g/mol. The van der Waals surface area contributed by atoms with E-state index in [1.165, 1.54) is 0 Å². The molecule has 6 heteroatoms. The van der Waals surface area contributed by atoms with Crippen molar-refractivity contribution in [3.8, 4) is 0 Å². The molecule has 0 aliphatic carbocycles. The number of aromatic nitrogens is 2. The molecule has 0 aliphatic rings. The van der Waals surface area contributed by atoms with E-state index in [1.807, 2.05) is 6.92 Å². The highest BCUT2D eigenvalue weighted by Crippen LogP contribution is 2.01. The smallest absolute Gasteiger partial charge is 0.121 e. The van der Waals surface area contributed by atoms with Crippen molar-refractivity contribution in [3.63, 3.8) is 0 Å². The molecule has 0 aliphatic heterocycles. The molecule has 6 nitrogen and oxygen atoms in total. The molecule has 2 N–H and O–H groups in total. The van der Waals surface area contributed by atoms with Crippen LogP contribution >= 0.6 is 0 Å². The molecule has 1 atom stereocenters. The molecule has 15 heavy (non-hydrogen) atoms. The van der Waals surface area contributed by atoms with Crippen molar-refractivity contribution in [1.82, 2.24) is 15.6 Å². The van der Waals surface area contributed by atoms with Crippen LogP contribution in [0.2, 0.25) is 0 Å². The summed E-state index contributed by atoms with van der Waals surface area (Å²) in [5, 5.41) is 19.5. The predicted octanol–water partition coefficient (Wildman–Crippen LogP) is -0.135. The van der Waals surface area contributed by atoms with Crippen LogP contribution in [0, 0.1) is 6.92 Å². The van der Waals surface area contributed by atoms with E-state index in [2.05, 4.69) is 20.3 Å². The van der Waals surface area contributed by atoms with Crippen molar-refractivity contribution in [2.45, 2.75) is 25.9 Å². The Bertz CT molecular complexity index is 271. The molecule has 0 spiro atoms. The Morgan fingerprint density at radius 1 is 1.53 bits per heavy atom. The van der Waals surface area contributed by atoms with Gasteiger partial charge in [-0.2, -0.15) is 0 Å². The molecule has 1 aromatic heterocycles. The number of aliphatic hydroxyl groups excluding tert-OH is 1. The van der Waals surface area contributed by atoms with Crippen molar-refractivity contribution in [3.05, 3.63) is 11.4 Å². The first-order chi connectivity index (χ1) is 7.27. The fourth-order valence-corrected chi connectivity index (χ4v) is 1.25. The number of methoxy groups -OCH3 is 1. The van der Waals surface area contributed by atoms with E-state index in [-0.39, 0.29) is 12.6 Å². The molecular weight excluding hydrogens is 198 g/mol. The molecule has 0 amide bonds. The third-order valence-corrected chi connectivity index (χ3v) is 2.15. The van der Waals surface area contributed by atoms with Crippen molar-refractivity contribution in [1.29, 1.82) is 0 Å². The van der Waals surface area contributed by atoms with E-state index in [4.69, 9.17) is 9.84 Å². The highest BCUT2D eigenvalue weighted by molar-refractivity contribution is 5.04. The lowest BCUT2D eigenvalue weighted by molar-refractivity contribution is 0.147. The summed E-state index contributed by atoms with van der Waals surface area (Å²) >= 11 is 0. The van der Waals surface area contributed by atoms with Gasteiger partial charge in [0.25, 0.3) is 0 Å². The zero-order valence-corrected chi connectivity index (χ0v) is 9.06. The summed E-state index contributed by atoms with van der Waals surface area (Å²) < 4.78 is 9.60. The minimum atomic E-state index is 0.121. The molecule has 0 radical (unpaired) electrons. The van der Waals surface area contributed by atoms with Crippen LogP contribution in [0.25, 0.3) is 0 Å². The van der Waals surface area contributed by atoms with Crippen molar-refractivity contribution < 1.29 is 14.5 Å². The van der Waals surface area contributed by atoms with Gasteiger partial charge in [-0.25, -0.2) is 4.63 Å². The van der Waals surface area contributed by atoms with E-state index in [9.17, 15) is 0 Å². The van der Waals surface area contributed by atoms with E-state index in [1.54, 1.807) is 7.11 Å². The number of rotatable bonds is 7. The maximum Gasteiger partial charge on any atom is 0.121 e. The normalized spacial score (nSPS) is 13.0. The summed E-state index contributed by atoms with van der Waals surface area (Å²) in [6.07, 6.45) is 0.651. The summed E-state index contributed by atoms with van der Waals surface area (Å²) in [5.74, 6) is 0. The number of nitrogens with one attached hydrogen (secondary N) is 1. The Morgan fingerprint density at radius 3 is 2.87 bits per heavy atom. The maximum absolute atomic E-state index is 8.83. The van der Waals surface area contributed by atoms with Gasteiger partial charge in [-0.1, -0.05) is 10.3 Å². The van der Waals surface area contributed by atoms with Gasteiger partial charge in [-0.3, -0.25) is 0 Å². The first-order valence-corrected chi connectivity index (χ1v) is 4.89. The van der Waals surface area contributed by atoms with Gasteiger partial charge in [0.15, 0.2) is 0 Å². The van der Waals surface area contributed by atoms with Crippen LogP contribution < -0.4 is 5.32 Å². The first kappa shape index (κ1) is 12.1. The predicted molar refractivity (Wildman–Crippen MR) is 53.2 cm³/mol. The molecule has 1 rings (SSSR count). The van der Waals surface area contributed by atoms with Crippen LogP contribution in [0.4, 0.5) is 0 Å². The summed E-state index contributed by atoms with van der Waals surface area (Å²) in [4.78, 5) is 0. The van der Waals surface area contributed by atoms with Crippen LogP contribution in [0.3, 0.4) is 0 Å². The lowest BCUT2D eigenvalue weighted by Gasteiger charge is -2.15. The SMILES string of the molecule is COCC(CCO)NCc1nonc1C. The lowest BCUT2D eigenvalue weighted by Crippen LogP contribution is -2.33. The Kier molecular flexibility index (Phi) is 5.23. The molecule has 0 saturated heterocycles. The van der Waals surface area contributed by atoms with E-state index in [0.717, 1.165) is 11.4 Å². The fourth-order valence-electron chi connectivity index (χ4n) is 1.25. The average molecular weight is 215 g/mol. The van der Waals surface area contributed by atoms with Crippen LogP contribution in [0.5, 0.6) is 0 Å². The van der Waals surface area contributed by atoms with E-state index < -0.39 is 0 Å². The zero-order valence-electron chi connectivity index (χ0n) is 9.06. The van der Waals surface area contributed by atoms with E-state index in [0.29, 0.717) is 19.6 Å². The summed E-state index contributed by atoms with van der Waals surface area (Å²) in [7, 11) is 1.63. The molecule has 86 valence electrons. The summed E-state index contributed by atoms with van der Waals surface area (Å²) in [5.41, 5.74) is 1.57. The van der Waals surface area contributed by atoms with Crippen molar-refractivity contribution in [2.75, 3.05) is 20.3 Å². The summed E-state index contributed by atoms with van der Waals surface area (Å²) in [6.45, 7) is 3.11.